The van der Waals surface area contributed by atoms with Gasteiger partial charge in [-0.15, -0.1) is 0 Å². The van der Waals surface area contributed by atoms with Crippen molar-refractivity contribution in [3.05, 3.63) is 0 Å². The highest BCUT2D eigenvalue weighted by Gasteiger charge is 1.83. The van der Waals surface area contributed by atoms with E-state index in [1.807, 2.05) is 0 Å². The van der Waals surface area contributed by atoms with E-state index in [2.05, 4.69) is 28.8 Å². The molecule has 3 nitrogen and oxygen atoms in total. The third-order valence-electron chi connectivity index (χ3n) is 0.638. The molecule has 0 aliphatic carbocycles. The second-order valence-electron chi connectivity index (χ2n) is 1.95. The molecule has 11 heavy (non-hydrogen) atoms. The van der Waals surface area contributed by atoms with Crippen molar-refractivity contribution in [1.29, 1.82) is 0 Å². The number of aliphatic hydroxyl groups excluding tert-OH is 2. The fourth-order valence-corrected chi connectivity index (χ4v) is 0.255. The van der Waals surface area contributed by atoms with E-state index in [0.29, 0.717) is 0 Å². The fourth-order valence-electron chi connectivity index (χ4n) is 0.255. The number of ether oxygens (including phenoxy) is 1. The van der Waals surface area contributed by atoms with E-state index in [1.54, 1.807) is 0 Å². The molecular weight excluding hydrogens is 144 g/mol. The van der Waals surface area contributed by atoms with E-state index in [4.69, 9.17) is 10.2 Å². The molecule has 0 amide bonds. The van der Waals surface area contributed by atoms with E-state index >= 15 is 0 Å². The zero-order valence-electron chi connectivity index (χ0n) is 6.46. The third-order valence-corrected chi connectivity index (χ3v) is 0.638. The van der Waals surface area contributed by atoms with Crippen molar-refractivity contribution in [1.82, 2.24) is 0 Å². The molecule has 0 bridgehead atoms. The van der Waals surface area contributed by atoms with E-state index in [0.717, 1.165) is 0 Å². The average molecular weight is 154 g/mol. The topological polar surface area (TPSA) is 49.7 Å². The van der Waals surface area contributed by atoms with Gasteiger partial charge in [-0.3, -0.25) is 0 Å². The lowest BCUT2D eigenvalue weighted by Gasteiger charge is -1.86. The summed E-state index contributed by atoms with van der Waals surface area (Å²) in [7, 11) is 0. The van der Waals surface area contributed by atoms with Crippen LogP contribution in [0.2, 0.25) is 0 Å². The van der Waals surface area contributed by atoms with Crippen LogP contribution in [0.3, 0.4) is 0 Å². The van der Waals surface area contributed by atoms with Gasteiger partial charge in [-0.2, -0.15) is 0 Å². The first kappa shape index (κ1) is 9.84. The lowest BCUT2D eigenvalue weighted by Crippen LogP contribution is -1.94. The van der Waals surface area contributed by atoms with Crippen molar-refractivity contribution in [3.8, 4) is 24.1 Å². The van der Waals surface area contributed by atoms with Gasteiger partial charge in [0.2, 0.25) is 0 Å². The van der Waals surface area contributed by atoms with E-state index in [1.165, 1.54) is 13.8 Å². The largest absolute Gasteiger partial charge is 0.381 e. The van der Waals surface area contributed by atoms with Crippen LogP contribution in [0.15, 0.2) is 0 Å². The molecule has 0 rings (SSSR count). The van der Waals surface area contributed by atoms with Crippen LogP contribution < -0.4 is 0 Å². The molecule has 0 spiro atoms. The van der Waals surface area contributed by atoms with Crippen LogP contribution in [0.5, 0.6) is 0 Å². The third kappa shape index (κ3) is 8.84. The number of hydrogen-bond donors (Lipinski definition) is 2. The van der Waals surface area contributed by atoms with Gasteiger partial charge in [0.1, 0.15) is 24.4 Å². The average Bonchev–Trinajstić information content (AvgIpc) is 1.85. The van der Waals surface area contributed by atoms with Gasteiger partial charge >= 0.3 is 0 Å². The predicted molar refractivity (Wildman–Crippen MR) is 40.0 cm³/mol. The van der Waals surface area contributed by atoms with Crippen LogP contribution in [0.4, 0.5) is 0 Å². The first-order valence-electron chi connectivity index (χ1n) is 3.16. The molecule has 0 saturated carbocycles. The first-order valence-corrected chi connectivity index (χ1v) is 3.16. The minimum atomic E-state index is -0.719. The zero-order chi connectivity index (χ0) is 8.69. The summed E-state index contributed by atoms with van der Waals surface area (Å²) in [6.07, 6.45) is 2.87. The Balaban J connectivity index is 3.61. The molecule has 0 aromatic heterocycles. The van der Waals surface area contributed by atoms with Crippen molar-refractivity contribution < 1.29 is 14.9 Å². The Morgan fingerprint density at radius 2 is 1.36 bits per heavy atom. The number of aliphatic hydroxyl groups is 2. The lowest BCUT2D eigenvalue weighted by atomic mass is 10.4. The van der Waals surface area contributed by atoms with E-state index in [-0.39, 0.29) is 0 Å². The van der Waals surface area contributed by atoms with Gasteiger partial charge in [-0.1, -0.05) is 0 Å². The van der Waals surface area contributed by atoms with Gasteiger partial charge < -0.3 is 14.9 Å². The minimum absolute atomic E-state index is 0.719. The van der Waals surface area contributed by atoms with Gasteiger partial charge in [0.25, 0.3) is 0 Å². The van der Waals surface area contributed by atoms with Crippen LogP contribution in [0, 0.1) is 24.1 Å². The van der Waals surface area contributed by atoms with Crippen LogP contribution in [0.25, 0.3) is 0 Å². The molecule has 60 valence electrons. The molecule has 2 atom stereocenters. The predicted octanol–water partition coefficient (Wildman–Crippen LogP) is -0.314. The molecule has 2 unspecified atom stereocenters. The van der Waals surface area contributed by atoms with Crippen LogP contribution >= 0.6 is 0 Å². The molecule has 0 aromatic rings. The second kappa shape index (κ2) is 5.61. The molecule has 0 aromatic carbocycles. The number of hydrogen-bond acceptors (Lipinski definition) is 3. The molecule has 3 heteroatoms. The Morgan fingerprint density at radius 3 is 1.64 bits per heavy atom. The van der Waals surface area contributed by atoms with E-state index < -0.39 is 12.2 Å². The summed E-state index contributed by atoms with van der Waals surface area (Å²) in [6.45, 7) is 3.02. The second-order valence-corrected chi connectivity index (χ2v) is 1.95. The zero-order valence-corrected chi connectivity index (χ0v) is 6.46. The van der Waals surface area contributed by atoms with Crippen LogP contribution in [-0.2, 0) is 4.74 Å². The summed E-state index contributed by atoms with van der Waals surface area (Å²) in [4.78, 5) is 0. The first-order chi connectivity index (χ1) is 5.13. The lowest BCUT2D eigenvalue weighted by molar-refractivity contribution is 0.251. The van der Waals surface area contributed by atoms with Gasteiger partial charge in [-0.25, -0.2) is 0 Å². The molecule has 2 N–H and O–H groups in total. The molecular formula is C8H10O3. The molecule has 0 saturated heterocycles. The summed E-state index contributed by atoms with van der Waals surface area (Å²) in [5.41, 5.74) is 0. The molecule has 0 radical (unpaired) electrons. The Hall–Kier alpha value is -1.16. The SMILES string of the molecule is CC(O)C#COC#CC(C)O. The smallest absolute Gasteiger partial charge is 0.132 e. The van der Waals surface area contributed by atoms with Gasteiger partial charge in [-0.05, 0) is 25.7 Å². The van der Waals surface area contributed by atoms with Crippen molar-refractivity contribution >= 4 is 0 Å². The van der Waals surface area contributed by atoms with Gasteiger partial charge in [0.15, 0.2) is 0 Å². The Labute approximate surface area is 66.0 Å². The van der Waals surface area contributed by atoms with Crippen LogP contribution in [-0.4, -0.2) is 22.4 Å². The highest BCUT2D eigenvalue weighted by Crippen LogP contribution is 1.75. The highest BCUT2D eigenvalue weighted by molar-refractivity contribution is 5.03. The standard InChI is InChI=1S/C8H10O3/c1-7(9)3-5-11-6-4-8(2)10/h7-10H,1-2H3. The maximum absolute atomic E-state index is 8.61. The van der Waals surface area contributed by atoms with Crippen molar-refractivity contribution in [2.24, 2.45) is 0 Å². The summed E-state index contributed by atoms with van der Waals surface area (Å²) < 4.78 is 4.41. The molecule has 0 fully saturated rings. The van der Waals surface area contributed by atoms with Crippen LogP contribution in [0.1, 0.15) is 13.8 Å². The normalized spacial score (nSPS) is 13.1. The Kier molecular flexibility index (Phi) is 5.02. The Morgan fingerprint density at radius 1 is 1.00 bits per heavy atom. The summed E-state index contributed by atoms with van der Waals surface area (Å²) >= 11 is 0. The monoisotopic (exact) mass is 154 g/mol. The highest BCUT2D eigenvalue weighted by atomic mass is 16.5. The molecule has 0 aliphatic heterocycles. The minimum Gasteiger partial charge on any atom is -0.381 e. The van der Waals surface area contributed by atoms with Crippen molar-refractivity contribution in [2.75, 3.05) is 0 Å². The van der Waals surface area contributed by atoms with Crippen molar-refractivity contribution in [3.63, 3.8) is 0 Å². The number of rotatable bonds is 0. The van der Waals surface area contributed by atoms with Gasteiger partial charge in [0, 0.05) is 0 Å². The molecule has 0 aliphatic rings. The summed E-state index contributed by atoms with van der Waals surface area (Å²) in [5, 5.41) is 17.2. The van der Waals surface area contributed by atoms with Gasteiger partial charge in [0.05, 0.1) is 0 Å². The maximum atomic E-state index is 8.61. The summed E-state index contributed by atoms with van der Waals surface area (Å²) in [6, 6.07) is 0. The summed E-state index contributed by atoms with van der Waals surface area (Å²) in [5.74, 6) is 4.64. The Bertz CT molecular complexity index is 185. The van der Waals surface area contributed by atoms with Crippen molar-refractivity contribution in [2.45, 2.75) is 26.1 Å². The van der Waals surface area contributed by atoms with E-state index in [9.17, 15) is 0 Å². The quantitative estimate of drug-likeness (QED) is 0.470. The molecule has 0 heterocycles. The maximum Gasteiger partial charge on any atom is 0.132 e. The fraction of sp³-hybridized carbons (Fsp3) is 0.500.